The average molecular weight is 746 g/mol. The standard InChI is InChI=1S/C42H47F4N5O3/c43-41-34-25-30(18-20-36(34)51(49-41)39-17-7-8-24-53-39)40(35(26-42(44,45)46)29-11-3-1-4-12-29)31-19-21-38(47-27-31)54-33-15-9-22-50(28-33)23-10-16-37(52)48-32-13-5-2-6-14-32/h1,3-4,10-12,16,18-21,25,27,32-33,39H,2,5-9,13-15,17,22-24,26,28H2,(H,48,52)/b16-10+,40-35-/t33-,39?/m1/s1. The Morgan fingerprint density at radius 1 is 0.926 bits per heavy atom. The Balaban J connectivity index is 1.12. The molecule has 0 radical (unpaired) electrons. The number of piperidine rings is 1. The highest BCUT2D eigenvalue weighted by Gasteiger charge is 2.32. The maximum atomic E-state index is 15.5. The summed E-state index contributed by atoms with van der Waals surface area (Å²) in [6.45, 7) is 2.71. The predicted octanol–water partition coefficient (Wildman–Crippen LogP) is 9.03. The highest BCUT2D eigenvalue weighted by Crippen LogP contribution is 2.41. The van der Waals surface area contributed by atoms with E-state index in [9.17, 15) is 18.0 Å². The molecule has 0 bridgehead atoms. The molecule has 4 heterocycles. The van der Waals surface area contributed by atoms with Crippen molar-refractivity contribution in [2.75, 3.05) is 26.2 Å². The third-order valence-corrected chi connectivity index (χ3v) is 10.5. The van der Waals surface area contributed by atoms with E-state index in [1.54, 1.807) is 66.7 Å². The molecule has 2 aliphatic heterocycles. The number of nitrogens with one attached hydrogen (secondary N) is 1. The molecule has 1 unspecified atom stereocenters. The van der Waals surface area contributed by atoms with Gasteiger partial charge in [-0.3, -0.25) is 9.69 Å². The molecule has 7 rings (SSSR count). The van der Waals surface area contributed by atoms with Crippen LogP contribution in [0.5, 0.6) is 5.88 Å². The Hall–Kier alpha value is -4.55. The van der Waals surface area contributed by atoms with E-state index in [0.29, 0.717) is 59.8 Å². The fourth-order valence-electron chi connectivity index (χ4n) is 7.93. The molecule has 8 nitrogen and oxygen atoms in total. The lowest BCUT2D eigenvalue weighted by Gasteiger charge is -2.31. The first kappa shape index (κ1) is 37.8. The van der Waals surface area contributed by atoms with Crippen LogP contribution in [-0.2, 0) is 9.53 Å². The number of carbonyl (C=O) groups is 1. The minimum atomic E-state index is -4.52. The van der Waals surface area contributed by atoms with Crippen LogP contribution >= 0.6 is 0 Å². The number of hydrogen-bond acceptors (Lipinski definition) is 6. The highest BCUT2D eigenvalue weighted by atomic mass is 19.4. The van der Waals surface area contributed by atoms with Crippen molar-refractivity contribution in [1.82, 2.24) is 25.0 Å². The summed E-state index contributed by atoms with van der Waals surface area (Å²) >= 11 is 0. The Morgan fingerprint density at radius 2 is 1.72 bits per heavy atom. The van der Waals surface area contributed by atoms with Crippen molar-refractivity contribution in [2.45, 2.75) is 95.2 Å². The van der Waals surface area contributed by atoms with E-state index < -0.39 is 24.8 Å². The van der Waals surface area contributed by atoms with Gasteiger partial charge < -0.3 is 14.8 Å². The Kier molecular flexibility index (Phi) is 12.1. The second-order valence-electron chi connectivity index (χ2n) is 14.6. The van der Waals surface area contributed by atoms with Gasteiger partial charge in [-0.15, -0.1) is 5.10 Å². The molecule has 286 valence electrons. The van der Waals surface area contributed by atoms with Gasteiger partial charge >= 0.3 is 6.18 Å². The molecule has 0 spiro atoms. The highest BCUT2D eigenvalue weighted by molar-refractivity contribution is 6.00. The summed E-state index contributed by atoms with van der Waals surface area (Å²) in [5.74, 6) is -0.400. The van der Waals surface area contributed by atoms with Crippen molar-refractivity contribution in [3.63, 3.8) is 0 Å². The summed E-state index contributed by atoms with van der Waals surface area (Å²) in [5, 5.41) is 7.45. The molecule has 2 saturated heterocycles. The molecule has 3 aliphatic rings. The van der Waals surface area contributed by atoms with Crippen molar-refractivity contribution in [3.05, 3.63) is 102 Å². The van der Waals surface area contributed by atoms with E-state index in [2.05, 4.69) is 20.3 Å². The van der Waals surface area contributed by atoms with E-state index in [1.807, 2.05) is 6.08 Å². The number of nitrogens with zero attached hydrogens (tertiary/aromatic N) is 4. The number of benzene rings is 2. The van der Waals surface area contributed by atoms with Gasteiger partial charge in [0, 0.05) is 49.6 Å². The van der Waals surface area contributed by atoms with Crippen molar-refractivity contribution < 1.29 is 31.8 Å². The molecule has 2 aromatic carbocycles. The van der Waals surface area contributed by atoms with E-state index in [1.165, 1.54) is 17.3 Å². The summed E-state index contributed by atoms with van der Waals surface area (Å²) < 4.78 is 72.0. The van der Waals surface area contributed by atoms with Crippen LogP contribution in [0.25, 0.3) is 22.0 Å². The molecule has 1 N–H and O–H groups in total. The number of carbonyl (C=O) groups excluding carboxylic acids is 1. The summed E-state index contributed by atoms with van der Waals surface area (Å²) in [6, 6.07) is 17.1. The Morgan fingerprint density at radius 3 is 2.46 bits per heavy atom. The van der Waals surface area contributed by atoms with Gasteiger partial charge in [-0.1, -0.05) is 61.7 Å². The van der Waals surface area contributed by atoms with E-state index in [-0.39, 0.29) is 29.0 Å². The average Bonchev–Trinajstić information content (AvgIpc) is 3.51. The van der Waals surface area contributed by atoms with Crippen LogP contribution < -0.4 is 10.1 Å². The van der Waals surface area contributed by atoms with E-state index in [4.69, 9.17) is 9.47 Å². The van der Waals surface area contributed by atoms with Crippen LogP contribution in [0.2, 0.25) is 0 Å². The third kappa shape index (κ3) is 9.57. The van der Waals surface area contributed by atoms with Gasteiger partial charge in [-0.25, -0.2) is 9.67 Å². The number of alkyl halides is 3. The molecular weight excluding hydrogens is 698 g/mol. The molecule has 1 aliphatic carbocycles. The van der Waals surface area contributed by atoms with Crippen LogP contribution in [0.4, 0.5) is 17.6 Å². The minimum absolute atomic E-state index is 0.0460. The van der Waals surface area contributed by atoms with Crippen LogP contribution in [-0.4, -0.2) is 70.1 Å². The first-order valence-electron chi connectivity index (χ1n) is 19.2. The zero-order valence-electron chi connectivity index (χ0n) is 30.4. The van der Waals surface area contributed by atoms with E-state index in [0.717, 1.165) is 57.9 Å². The molecular formula is C42H47F4N5O3. The topological polar surface area (TPSA) is 81.5 Å². The first-order chi connectivity index (χ1) is 26.2. The van der Waals surface area contributed by atoms with Crippen LogP contribution in [0, 0.1) is 5.95 Å². The number of pyridine rings is 1. The van der Waals surface area contributed by atoms with Crippen LogP contribution in [0.1, 0.15) is 93.5 Å². The normalized spacial score (nSPS) is 21.0. The largest absolute Gasteiger partial charge is 0.473 e. The molecule has 2 atom stereocenters. The second-order valence-corrected chi connectivity index (χ2v) is 14.6. The number of aromatic nitrogens is 3. The maximum absolute atomic E-state index is 15.5. The Labute approximate surface area is 313 Å². The van der Waals surface area contributed by atoms with Crippen molar-refractivity contribution in [3.8, 4) is 5.88 Å². The van der Waals surface area contributed by atoms with Crippen LogP contribution in [0.15, 0.2) is 79.0 Å². The van der Waals surface area contributed by atoms with Crippen molar-refractivity contribution in [2.24, 2.45) is 0 Å². The van der Waals surface area contributed by atoms with Gasteiger partial charge in [-0.2, -0.15) is 17.6 Å². The van der Waals surface area contributed by atoms with Gasteiger partial charge in [-0.05, 0) is 92.0 Å². The first-order valence-corrected chi connectivity index (χ1v) is 19.2. The fraction of sp³-hybridized carbons (Fsp3) is 0.452. The third-order valence-electron chi connectivity index (χ3n) is 10.5. The number of hydrogen-bond donors (Lipinski definition) is 1. The number of likely N-dealkylation sites (tertiary alicyclic amines) is 1. The number of fused-ring (bicyclic) bond motifs is 1. The smallest absolute Gasteiger partial charge is 0.393 e. The van der Waals surface area contributed by atoms with Gasteiger partial charge in [0.25, 0.3) is 0 Å². The Bertz CT molecular complexity index is 1930. The summed E-state index contributed by atoms with van der Waals surface area (Å²) in [5.41, 5.74) is 2.11. The number of ether oxygens (including phenoxy) is 2. The SMILES string of the molecule is O=C(/C=C/CN1CCC[C@@H](Oc2ccc(/C(=C(/CC(F)(F)F)c3ccccc3)c3ccc4c(c3)c(F)nn4C3CCCCO3)cn2)C1)NC1CCCCC1. The van der Waals surface area contributed by atoms with Crippen molar-refractivity contribution >= 4 is 28.0 Å². The minimum Gasteiger partial charge on any atom is -0.473 e. The molecule has 1 saturated carbocycles. The summed E-state index contributed by atoms with van der Waals surface area (Å²) in [6.07, 6.45) is 8.70. The fourth-order valence-corrected chi connectivity index (χ4v) is 7.93. The number of rotatable bonds is 11. The van der Waals surface area contributed by atoms with Gasteiger partial charge in [0.05, 0.1) is 17.3 Å². The predicted molar refractivity (Wildman–Crippen MR) is 200 cm³/mol. The molecule has 4 aromatic rings. The van der Waals surface area contributed by atoms with E-state index >= 15 is 4.39 Å². The van der Waals surface area contributed by atoms with Crippen molar-refractivity contribution in [1.29, 1.82) is 0 Å². The zero-order chi connectivity index (χ0) is 37.5. The molecule has 54 heavy (non-hydrogen) atoms. The molecule has 12 heteroatoms. The number of allylic oxidation sites excluding steroid dienone is 1. The molecule has 2 aromatic heterocycles. The van der Waals surface area contributed by atoms with Gasteiger partial charge in [0.2, 0.25) is 17.7 Å². The lowest BCUT2D eigenvalue weighted by Crippen LogP contribution is -2.41. The zero-order valence-corrected chi connectivity index (χ0v) is 30.4. The molecule has 3 fully saturated rings. The second kappa shape index (κ2) is 17.3. The monoisotopic (exact) mass is 745 g/mol. The lowest BCUT2D eigenvalue weighted by atomic mass is 9.88. The summed E-state index contributed by atoms with van der Waals surface area (Å²) in [7, 11) is 0. The molecule has 1 amide bonds. The number of halogens is 4. The summed E-state index contributed by atoms with van der Waals surface area (Å²) in [4.78, 5) is 19.2. The van der Waals surface area contributed by atoms with Crippen LogP contribution in [0.3, 0.4) is 0 Å². The lowest BCUT2D eigenvalue weighted by molar-refractivity contribution is -0.123. The maximum Gasteiger partial charge on any atom is 0.393 e. The number of amides is 1. The quantitative estimate of drug-likeness (QED) is 0.0938. The van der Waals surface area contributed by atoms with Gasteiger partial charge in [0.15, 0.2) is 6.23 Å². The van der Waals surface area contributed by atoms with Gasteiger partial charge in [0.1, 0.15) is 6.10 Å².